The Morgan fingerprint density at radius 3 is 2.71 bits per heavy atom. The molecule has 0 spiro atoms. The van der Waals surface area contributed by atoms with Crippen LogP contribution in [0.3, 0.4) is 0 Å². The van der Waals surface area contributed by atoms with Crippen LogP contribution in [-0.4, -0.2) is 119 Å². The number of piperidine rings is 2. The second-order valence-corrected chi connectivity index (χ2v) is 13.6. The quantitative estimate of drug-likeness (QED) is 0.311. The van der Waals surface area contributed by atoms with Crippen LogP contribution in [0.1, 0.15) is 53.4 Å². The van der Waals surface area contributed by atoms with Gasteiger partial charge in [0, 0.05) is 50.2 Å². The first-order chi connectivity index (χ1) is 19.7. The van der Waals surface area contributed by atoms with Crippen LogP contribution in [0, 0.1) is 17.8 Å². The monoisotopic (exact) mass is 575 g/mol. The van der Waals surface area contributed by atoms with Crippen LogP contribution in [0.2, 0.25) is 0 Å². The molecule has 11 atom stereocenters. The summed E-state index contributed by atoms with van der Waals surface area (Å²) >= 11 is 0. The molecule has 230 valence electrons. The third-order valence-electron chi connectivity index (χ3n) is 10.8. The first-order valence-corrected chi connectivity index (χ1v) is 15.9. The summed E-state index contributed by atoms with van der Waals surface area (Å²) in [6.45, 7) is 15.9. The Morgan fingerprint density at radius 1 is 1.15 bits per heavy atom. The lowest BCUT2D eigenvalue weighted by Gasteiger charge is -2.60. The average molecular weight is 576 g/mol. The first kappa shape index (κ1) is 29.3. The predicted octanol–water partition coefficient (Wildman–Crippen LogP) is 0.577. The van der Waals surface area contributed by atoms with E-state index >= 15 is 4.39 Å². The summed E-state index contributed by atoms with van der Waals surface area (Å²) < 4.78 is 16.3. The highest BCUT2D eigenvalue weighted by atomic mass is 19.1. The molecule has 0 aromatic rings. The predicted molar refractivity (Wildman–Crippen MR) is 155 cm³/mol. The van der Waals surface area contributed by atoms with E-state index in [4.69, 9.17) is 0 Å². The van der Waals surface area contributed by atoms with E-state index in [1.165, 1.54) is 6.08 Å². The molecule has 6 fully saturated rings. The second-order valence-electron chi connectivity index (χ2n) is 13.6. The molecule has 6 heterocycles. The van der Waals surface area contributed by atoms with Crippen LogP contribution in [0.5, 0.6) is 0 Å². The number of hydrazine groups is 2. The van der Waals surface area contributed by atoms with Crippen molar-refractivity contribution in [2.75, 3.05) is 32.7 Å². The molecule has 0 aromatic heterocycles. The number of urea groups is 1. The van der Waals surface area contributed by atoms with Crippen molar-refractivity contribution in [1.82, 2.24) is 46.6 Å². The highest BCUT2D eigenvalue weighted by Gasteiger charge is 2.57. The van der Waals surface area contributed by atoms with Crippen molar-refractivity contribution in [3.63, 3.8) is 0 Å². The highest BCUT2D eigenvalue weighted by molar-refractivity contribution is 5.87. The van der Waals surface area contributed by atoms with Crippen LogP contribution < -0.4 is 26.9 Å². The molecule has 6 rings (SSSR count). The molecular weight excluding hydrogens is 525 g/mol. The Kier molecular flexibility index (Phi) is 8.34. The lowest BCUT2D eigenvalue weighted by molar-refractivity contribution is -0.136. The number of amides is 3. The average Bonchev–Trinajstić information content (AvgIpc) is 3.40. The third-order valence-corrected chi connectivity index (χ3v) is 10.8. The van der Waals surface area contributed by atoms with Crippen LogP contribution in [0.15, 0.2) is 12.7 Å². The molecule has 0 radical (unpaired) electrons. The van der Waals surface area contributed by atoms with E-state index in [1.54, 1.807) is 0 Å². The van der Waals surface area contributed by atoms with Gasteiger partial charge < -0.3 is 20.4 Å². The van der Waals surface area contributed by atoms with Gasteiger partial charge >= 0.3 is 6.03 Å². The minimum Gasteiger partial charge on any atom is -0.334 e. The van der Waals surface area contributed by atoms with Gasteiger partial charge in [-0.25, -0.2) is 19.6 Å². The number of rotatable bonds is 3. The molecule has 41 heavy (non-hydrogen) atoms. The fraction of sp³-hybridized carbons (Fsp3) is 0.862. The largest absolute Gasteiger partial charge is 0.334 e. The maximum atomic E-state index is 16.3. The van der Waals surface area contributed by atoms with E-state index in [-0.39, 0.29) is 60.4 Å². The molecule has 12 heteroatoms. The smallest absolute Gasteiger partial charge is 0.320 e. The van der Waals surface area contributed by atoms with Crippen molar-refractivity contribution in [1.29, 1.82) is 0 Å². The zero-order chi connectivity index (χ0) is 29.0. The normalized spacial score (nSPS) is 44.0. The molecule has 6 aliphatic heterocycles. The van der Waals surface area contributed by atoms with Crippen molar-refractivity contribution in [3.05, 3.63) is 12.7 Å². The van der Waals surface area contributed by atoms with E-state index in [2.05, 4.69) is 69.1 Å². The fourth-order valence-corrected chi connectivity index (χ4v) is 8.83. The molecule has 6 aliphatic rings. The van der Waals surface area contributed by atoms with Crippen LogP contribution in [0.25, 0.3) is 0 Å². The molecule has 6 saturated heterocycles. The Labute approximate surface area is 243 Å². The number of carbonyl (C=O) groups excluding carboxylic acids is 2. The van der Waals surface area contributed by atoms with Gasteiger partial charge in [-0.3, -0.25) is 15.0 Å². The Hall–Kier alpha value is -1.83. The molecule has 5 N–H and O–H groups in total. The van der Waals surface area contributed by atoms with Gasteiger partial charge in [0.1, 0.15) is 6.17 Å². The number of halogens is 1. The van der Waals surface area contributed by atoms with E-state index in [0.717, 1.165) is 32.4 Å². The molecule has 0 saturated carbocycles. The Morgan fingerprint density at radius 2 is 1.95 bits per heavy atom. The number of piperazine rings is 1. The van der Waals surface area contributed by atoms with Gasteiger partial charge in [-0.15, -0.1) is 0 Å². The maximum Gasteiger partial charge on any atom is 0.320 e. The third kappa shape index (κ3) is 5.18. The Bertz CT molecular complexity index is 1000. The molecule has 3 amide bonds. The topological polar surface area (TPSA) is 107 Å². The summed E-state index contributed by atoms with van der Waals surface area (Å²) in [6, 6.07) is -0.318. The van der Waals surface area contributed by atoms with Crippen molar-refractivity contribution in [3.8, 4) is 0 Å². The Balaban J connectivity index is 1.37. The fourth-order valence-electron chi connectivity index (χ4n) is 8.83. The second kappa shape index (κ2) is 11.7. The SMILES string of the molecule is C=CC(=O)N1CC(C)N(C2NC(=O)N3C4NC(C(F)CC24)C2CNNN2CCCC2CCNC(C(C)C)C23)CC1C. The van der Waals surface area contributed by atoms with E-state index in [0.29, 0.717) is 37.9 Å². The van der Waals surface area contributed by atoms with Gasteiger partial charge in [-0.1, -0.05) is 20.4 Å². The zero-order valence-electron chi connectivity index (χ0n) is 25.1. The number of nitrogens with one attached hydrogen (secondary N) is 5. The highest BCUT2D eigenvalue weighted by Crippen LogP contribution is 2.40. The van der Waals surface area contributed by atoms with E-state index in [1.807, 2.05) is 11.8 Å². The zero-order valence-corrected chi connectivity index (χ0v) is 25.1. The molecule has 11 unspecified atom stereocenters. The number of hydrogen-bond acceptors (Lipinski definition) is 8. The van der Waals surface area contributed by atoms with Gasteiger partial charge in [0.25, 0.3) is 0 Å². The number of hydrogen-bond donors (Lipinski definition) is 5. The molecule has 2 bridgehead atoms. The lowest BCUT2D eigenvalue weighted by Crippen LogP contribution is -2.80. The molecule has 0 aromatic carbocycles. The molecular formula is C29H50FN9O2. The number of fused-ring (bicyclic) bond motifs is 5. The molecule has 0 aliphatic carbocycles. The standard InChI is InChI=1S/C29H50FN9O2/c1-6-23(40)36-14-18(5)37(15-17(36)4)27-20-12-21(30)25-22-13-32-35-38(22)11-7-8-19-9-10-31-24(16(2)3)26(19)39(28(20)33-25)29(41)34-27/h6,16-22,24-28,31-33,35H,1,7-15H2,2-5H3,(H,34,41). The van der Waals surface area contributed by atoms with Gasteiger partial charge in [0.2, 0.25) is 5.91 Å². The minimum atomic E-state index is -1.05. The van der Waals surface area contributed by atoms with Gasteiger partial charge in [0.15, 0.2) is 0 Å². The number of alkyl halides is 1. The molecule has 11 nitrogen and oxygen atoms in total. The van der Waals surface area contributed by atoms with Gasteiger partial charge in [-0.2, -0.15) is 5.53 Å². The minimum absolute atomic E-state index is 0.0108. The van der Waals surface area contributed by atoms with Crippen molar-refractivity contribution >= 4 is 11.9 Å². The lowest BCUT2D eigenvalue weighted by atomic mass is 9.76. The van der Waals surface area contributed by atoms with Crippen LogP contribution in [0.4, 0.5) is 9.18 Å². The summed E-state index contributed by atoms with van der Waals surface area (Å²) in [5.74, 6) is 0.517. The summed E-state index contributed by atoms with van der Waals surface area (Å²) in [5.41, 5.74) is 6.54. The number of nitrogens with zero attached hydrogens (tertiary/aromatic N) is 4. The first-order valence-electron chi connectivity index (χ1n) is 15.9. The van der Waals surface area contributed by atoms with Gasteiger partial charge in [-0.05, 0) is 64.0 Å². The van der Waals surface area contributed by atoms with Crippen molar-refractivity contribution < 1.29 is 14.0 Å². The van der Waals surface area contributed by atoms with E-state index in [9.17, 15) is 9.59 Å². The van der Waals surface area contributed by atoms with Crippen LogP contribution in [-0.2, 0) is 4.79 Å². The maximum absolute atomic E-state index is 16.3. The van der Waals surface area contributed by atoms with Crippen molar-refractivity contribution in [2.24, 2.45) is 17.8 Å². The summed E-state index contributed by atoms with van der Waals surface area (Å²) in [4.78, 5) is 33.1. The summed E-state index contributed by atoms with van der Waals surface area (Å²) in [6.07, 6.45) is 3.14. The van der Waals surface area contributed by atoms with Gasteiger partial charge in [0.05, 0.1) is 30.5 Å². The van der Waals surface area contributed by atoms with E-state index < -0.39 is 12.2 Å². The van der Waals surface area contributed by atoms with Crippen molar-refractivity contribution in [2.45, 2.75) is 108 Å². The van der Waals surface area contributed by atoms with Crippen LogP contribution >= 0.6 is 0 Å². The number of carbonyl (C=O) groups is 2. The summed E-state index contributed by atoms with van der Waals surface area (Å²) in [5, 5.41) is 13.1. The summed E-state index contributed by atoms with van der Waals surface area (Å²) in [7, 11) is 0.